The normalized spacial score (nSPS) is 14.3. The molecule has 1 aromatic carbocycles. The number of aromatic nitrogens is 4. The van der Waals surface area contributed by atoms with E-state index in [2.05, 4.69) is 29.3 Å². The van der Waals surface area contributed by atoms with Crippen molar-refractivity contribution in [2.75, 3.05) is 31.1 Å². The van der Waals surface area contributed by atoms with E-state index < -0.39 is 0 Å². The quantitative estimate of drug-likeness (QED) is 0.587. The van der Waals surface area contributed by atoms with Gasteiger partial charge in [0.15, 0.2) is 0 Å². The summed E-state index contributed by atoms with van der Waals surface area (Å²) in [6, 6.07) is 11.2. The van der Waals surface area contributed by atoms with Crippen molar-refractivity contribution in [3.8, 4) is 11.3 Å². The Hall–Kier alpha value is -3.62. The Morgan fingerprint density at radius 2 is 1.57 bits per heavy atom. The van der Waals surface area contributed by atoms with Crippen molar-refractivity contribution in [1.82, 2.24) is 24.2 Å². The molecule has 4 rings (SSSR count). The minimum absolute atomic E-state index is 0.0995. The lowest BCUT2D eigenvalue weighted by Gasteiger charge is -2.37. The maximum atomic E-state index is 13.1. The number of carbonyl (C=O) groups is 1. The summed E-state index contributed by atoms with van der Waals surface area (Å²) in [5.41, 5.74) is 2.81. The molecule has 0 radical (unpaired) electrons. The van der Waals surface area contributed by atoms with E-state index in [4.69, 9.17) is 0 Å². The molecule has 9 heteroatoms. The standard InChI is InChI=1S/C26H34N6O3/c1-6-19-7-9-20(10-8-19)21-15-22(28-27-21)25(34)30-13-11-29(12-14-30)23-16-24(33)32(18(4)5)26(35)31(23)17(2)3/h7-10,15-18H,6,11-14H2,1-5H3,(H,27,28). The summed E-state index contributed by atoms with van der Waals surface area (Å²) < 4.78 is 2.96. The molecule has 0 aliphatic carbocycles. The van der Waals surface area contributed by atoms with Crippen LogP contribution in [0.25, 0.3) is 11.3 Å². The number of aryl methyl sites for hydroxylation is 1. The maximum Gasteiger partial charge on any atom is 0.333 e. The molecular weight excluding hydrogens is 444 g/mol. The van der Waals surface area contributed by atoms with Gasteiger partial charge in [-0.05, 0) is 45.7 Å². The predicted molar refractivity (Wildman–Crippen MR) is 137 cm³/mol. The fraction of sp³-hybridized carbons (Fsp3) is 0.462. The fourth-order valence-corrected chi connectivity index (χ4v) is 4.56. The van der Waals surface area contributed by atoms with Gasteiger partial charge in [-0.15, -0.1) is 0 Å². The summed E-state index contributed by atoms with van der Waals surface area (Å²) in [7, 11) is 0. The monoisotopic (exact) mass is 478 g/mol. The third-order valence-corrected chi connectivity index (χ3v) is 6.54. The van der Waals surface area contributed by atoms with E-state index in [1.165, 1.54) is 10.1 Å². The number of anilines is 1. The molecular formula is C26H34N6O3. The first kappa shape index (κ1) is 24.5. The predicted octanol–water partition coefficient (Wildman–Crippen LogP) is 3.09. The van der Waals surface area contributed by atoms with Crippen LogP contribution in [0.3, 0.4) is 0 Å². The van der Waals surface area contributed by atoms with E-state index >= 15 is 0 Å². The molecule has 3 heterocycles. The number of piperazine rings is 1. The van der Waals surface area contributed by atoms with Crippen molar-refractivity contribution in [2.45, 2.75) is 53.1 Å². The van der Waals surface area contributed by atoms with Gasteiger partial charge in [0.1, 0.15) is 11.5 Å². The number of amides is 1. The van der Waals surface area contributed by atoms with Gasteiger partial charge < -0.3 is 9.80 Å². The molecule has 1 aliphatic heterocycles. The molecule has 0 saturated carbocycles. The van der Waals surface area contributed by atoms with E-state index in [-0.39, 0.29) is 29.2 Å². The summed E-state index contributed by atoms with van der Waals surface area (Å²) in [5, 5.41) is 7.22. The number of nitrogens with zero attached hydrogens (tertiary/aromatic N) is 5. The highest BCUT2D eigenvalue weighted by Crippen LogP contribution is 2.21. The van der Waals surface area contributed by atoms with Crippen LogP contribution in [-0.4, -0.2) is 56.3 Å². The van der Waals surface area contributed by atoms with Crippen molar-refractivity contribution in [2.24, 2.45) is 0 Å². The van der Waals surface area contributed by atoms with Crippen molar-refractivity contribution < 1.29 is 4.79 Å². The average molecular weight is 479 g/mol. The summed E-state index contributed by atoms with van der Waals surface area (Å²) in [4.78, 5) is 42.7. The molecule has 186 valence electrons. The minimum atomic E-state index is -0.299. The molecule has 9 nitrogen and oxygen atoms in total. The smallest absolute Gasteiger partial charge is 0.333 e. The fourth-order valence-electron chi connectivity index (χ4n) is 4.56. The van der Waals surface area contributed by atoms with Gasteiger partial charge in [-0.1, -0.05) is 31.2 Å². The van der Waals surface area contributed by atoms with Gasteiger partial charge in [0.25, 0.3) is 11.5 Å². The second-order valence-corrected chi connectivity index (χ2v) is 9.55. The molecule has 0 bridgehead atoms. The van der Waals surface area contributed by atoms with Gasteiger partial charge in [-0.25, -0.2) is 4.79 Å². The largest absolute Gasteiger partial charge is 0.354 e. The summed E-state index contributed by atoms with van der Waals surface area (Å²) in [5.74, 6) is 0.503. The lowest BCUT2D eigenvalue weighted by molar-refractivity contribution is 0.0740. The molecule has 0 unspecified atom stereocenters. The Balaban J connectivity index is 1.49. The first-order valence-corrected chi connectivity index (χ1v) is 12.3. The van der Waals surface area contributed by atoms with Gasteiger partial charge in [0, 0.05) is 49.9 Å². The number of rotatable bonds is 6. The van der Waals surface area contributed by atoms with Crippen LogP contribution in [0.1, 0.15) is 62.8 Å². The molecule has 2 aromatic heterocycles. The topological polar surface area (TPSA) is 96.2 Å². The number of hydrogen-bond donors (Lipinski definition) is 1. The Morgan fingerprint density at radius 3 is 2.14 bits per heavy atom. The lowest BCUT2D eigenvalue weighted by atomic mass is 10.1. The number of benzene rings is 1. The minimum Gasteiger partial charge on any atom is -0.354 e. The zero-order valence-corrected chi connectivity index (χ0v) is 21.1. The SMILES string of the molecule is CCc1ccc(-c2cc(C(=O)N3CCN(c4cc(=O)n(C(C)C)c(=O)n4C(C)C)CC3)[nH]n2)cc1. The van der Waals surface area contributed by atoms with Crippen LogP contribution in [0.15, 0.2) is 46.0 Å². The van der Waals surface area contributed by atoms with Gasteiger partial charge in [-0.2, -0.15) is 5.10 Å². The molecule has 1 saturated heterocycles. The second-order valence-electron chi connectivity index (χ2n) is 9.55. The summed E-state index contributed by atoms with van der Waals surface area (Å²) in [6.07, 6.45) is 0.973. The molecule has 1 aliphatic rings. The molecule has 1 fully saturated rings. The number of nitrogens with one attached hydrogen (secondary N) is 1. The lowest BCUT2D eigenvalue weighted by Crippen LogP contribution is -2.51. The van der Waals surface area contributed by atoms with Crippen molar-refractivity contribution in [3.63, 3.8) is 0 Å². The first-order chi connectivity index (χ1) is 16.7. The molecule has 1 N–H and O–H groups in total. The number of hydrogen-bond acceptors (Lipinski definition) is 5. The zero-order valence-electron chi connectivity index (χ0n) is 21.1. The highest BCUT2D eigenvalue weighted by atomic mass is 16.2. The summed E-state index contributed by atoms with van der Waals surface area (Å²) in [6.45, 7) is 11.7. The maximum absolute atomic E-state index is 13.1. The van der Waals surface area contributed by atoms with Crippen LogP contribution in [0.5, 0.6) is 0 Å². The molecule has 3 aromatic rings. The highest BCUT2D eigenvalue weighted by Gasteiger charge is 2.27. The van der Waals surface area contributed by atoms with Crippen LogP contribution in [-0.2, 0) is 6.42 Å². The Kier molecular flexibility index (Phi) is 6.95. The van der Waals surface area contributed by atoms with E-state index in [0.717, 1.165) is 17.7 Å². The average Bonchev–Trinajstić information content (AvgIpc) is 3.33. The number of aromatic amines is 1. The number of H-pyrrole nitrogens is 1. The van der Waals surface area contributed by atoms with Crippen LogP contribution >= 0.6 is 0 Å². The zero-order chi connectivity index (χ0) is 25.3. The van der Waals surface area contributed by atoms with Crippen LogP contribution in [0.2, 0.25) is 0 Å². The van der Waals surface area contributed by atoms with Gasteiger partial charge in [0.2, 0.25) is 0 Å². The van der Waals surface area contributed by atoms with Crippen LogP contribution < -0.4 is 16.1 Å². The van der Waals surface area contributed by atoms with Gasteiger partial charge >= 0.3 is 5.69 Å². The third-order valence-electron chi connectivity index (χ3n) is 6.54. The second kappa shape index (κ2) is 9.93. The molecule has 0 spiro atoms. The Morgan fingerprint density at radius 1 is 0.943 bits per heavy atom. The first-order valence-electron chi connectivity index (χ1n) is 12.3. The molecule has 0 atom stereocenters. The van der Waals surface area contributed by atoms with E-state index in [9.17, 15) is 14.4 Å². The van der Waals surface area contributed by atoms with Gasteiger partial charge in [0.05, 0.1) is 5.69 Å². The molecule has 35 heavy (non-hydrogen) atoms. The van der Waals surface area contributed by atoms with Gasteiger partial charge in [-0.3, -0.25) is 23.8 Å². The highest BCUT2D eigenvalue weighted by molar-refractivity contribution is 5.93. The Bertz CT molecular complexity index is 1310. The Labute approximate surface area is 205 Å². The van der Waals surface area contributed by atoms with E-state index in [1.807, 2.05) is 44.7 Å². The van der Waals surface area contributed by atoms with Crippen LogP contribution in [0.4, 0.5) is 5.82 Å². The van der Waals surface area contributed by atoms with Crippen molar-refractivity contribution in [3.05, 3.63) is 68.5 Å². The third kappa shape index (κ3) is 4.80. The summed E-state index contributed by atoms with van der Waals surface area (Å²) >= 11 is 0. The number of carbonyl (C=O) groups excluding carboxylic acids is 1. The van der Waals surface area contributed by atoms with E-state index in [1.54, 1.807) is 21.6 Å². The van der Waals surface area contributed by atoms with Crippen molar-refractivity contribution >= 4 is 11.7 Å². The van der Waals surface area contributed by atoms with E-state index in [0.29, 0.717) is 37.7 Å². The van der Waals surface area contributed by atoms with Crippen molar-refractivity contribution in [1.29, 1.82) is 0 Å². The molecule has 1 amide bonds. The van der Waals surface area contributed by atoms with Crippen LogP contribution in [0, 0.1) is 0 Å².